The van der Waals surface area contributed by atoms with Crippen LogP contribution in [-0.2, 0) is 16.1 Å². The average Bonchev–Trinajstić information content (AvgIpc) is 2.47. The fraction of sp³-hybridized carbons (Fsp3) is 0.0625. The van der Waals surface area contributed by atoms with Crippen LogP contribution in [0.1, 0.15) is 5.56 Å². The van der Waals surface area contributed by atoms with Gasteiger partial charge >= 0.3 is 5.97 Å². The second kappa shape index (κ2) is 6.40. The van der Waals surface area contributed by atoms with Gasteiger partial charge in [-0.3, -0.25) is 4.89 Å². The van der Waals surface area contributed by atoms with Gasteiger partial charge in [0.15, 0.2) is 5.75 Å². The Morgan fingerprint density at radius 3 is 2.16 bits per heavy atom. The molecule has 0 unspecified atom stereocenters. The third-order valence-corrected chi connectivity index (χ3v) is 2.51. The molecule has 2 aromatic rings. The van der Waals surface area contributed by atoms with Gasteiger partial charge in [-0.1, -0.05) is 55.1 Å². The van der Waals surface area contributed by atoms with Gasteiger partial charge < -0.3 is 0 Å². The molecule has 3 heteroatoms. The van der Waals surface area contributed by atoms with E-state index in [0.29, 0.717) is 17.7 Å². The zero-order valence-corrected chi connectivity index (χ0v) is 10.4. The highest BCUT2D eigenvalue weighted by Crippen LogP contribution is 2.11. The van der Waals surface area contributed by atoms with Crippen molar-refractivity contribution in [3.63, 3.8) is 0 Å². The molecule has 0 atom stereocenters. The van der Waals surface area contributed by atoms with Gasteiger partial charge in [-0.05, 0) is 17.7 Å². The number of rotatable bonds is 5. The minimum absolute atomic E-state index is 0.349. The molecule has 0 saturated heterocycles. The molecule has 3 nitrogen and oxygen atoms in total. The molecule has 0 aliphatic carbocycles. The van der Waals surface area contributed by atoms with Crippen LogP contribution in [0.25, 0.3) is 0 Å². The van der Waals surface area contributed by atoms with Crippen LogP contribution in [0.5, 0.6) is 5.75 Å². The summed E-state index contributed by atoms with van der Waals surface area (Å²) in [6.07, 6.45) is 0.442. The highest BCUT2D eigenvalue weighted by molar-refractivity contribution is 5.87. The van der Waals surface area contributed by atoms with Crippen LogP contribution in [0.15, 0.2) is 72.8 Å². The van der Waals surface area contributed by atoms with Gasteiger partial charge in [0.1, 0.15) is 0 Å². The third kappa shape index (κ3) is 4.00. The Kier molecular flexibility index (Phi) is 4.34. The molecular formula is C16H14O3. The minimum Gasteiger partial charge on any atom is -0.287 e. The molecule has 0 amide bonds. The first-order valence-corrected chi connectivity index (χ1v) is 5.91. The van der Waals surface area contributed by atoms with Crippen molar-refractivity contribution in [3.05, 3.63) is 78.4 Å². The summed E-state index contributed by atoms with van der Waals surface area (Å²) in [5, 5.41) is 0. The maximum absolute atomic E-state index is 11.7. The van der Waals surface area contributed by atoms with Crippen molar-refractivity contribution in [2.75, 3.05) is 0 Å². The van der Waals surface area contributed by atoms with Gasteiger partial charge in [0.25, 0.3) is 0 Å². The maximum Gasteiger partial charge on any atom is 0.381 e. The molecule has 19 heavy (non-hydrogen) atoms. The van der Waals surface area contributed by atoms with Crippen LogP contribution in [0, 0.1) is 0 Å². The van der Waals surface area contributed by atoms with E-state index in [1.165, 1.54) is 0 Å². The topological polar surface area (TPSA) is 35.5 Å². The Hall–Kier alpha value is -2.55. The summed E-state index contributed by atoms with van der Waals surface area (Å²) in [5.41, 5.74) is 1.35. The van der Waals surface area contributed by atoms with Gasteiger partial charge in [0, 0.05) is 12.0 Å². The van der Waals surface area contributed by atoms with Crippen LogP contribution in [0.4, 0.5) is 0 Å². The summed E-state index contributed by atoms with van der Waals surface area (Å²) >= 11 is 0. The largest absolute Gasteiger partial charge is 0.381 e. The molecule has 0 heterocycles. The zero-order valence-electron chi connectivity index (χ0n) is 10.4. The zero-order chi connectivity index (χ0) is 13.5. The third-order valence-electron chi connectivity index (χ3n) is 2.51. The standard InChI is InChI=1S/C16H14O3/c1-13(12-14-8-4-2-5-9-14)16(17)19-18-15-10-6-3-7-11-15/h2-11H,1,12H2. The summed E-state index contributed by atoms with van der Waals surface area (Å²) in [7, 11) is 0. The lowest BCUT2D eigenvalue weighted by Gasteiger charge is -2.06. The highest BCUT2D eigenvalue weighted by atomic mass is 17.2. The normalized spacial score (nSPS) is 9.68. The molecular weight excluding hydrogens is 240 g/mol. The molecule has 0 fully saturated rings. The van der Waals surface area contributed by atoms with E-state index in [1.54, 1.807) is 24.3 Å². The van der Waals surface area contributed by atoms with E-state index in [-0.39, 0.29) is 0 Å². The lowest BCUT2D eigenvalue weighted by atomic mass is 10.1. The van der Waals surface area contributed by atoms with Crippen LogP contribution in [0.3, 0.4) is 0 Å². The molecule has 0 aromatic heterocycles. The molecule has 0 saturated carbocycles. The Morgan fingerprint density at radius 2 is 1.53 bits per heavy atom. The average molecular weight is 254 g/mol. The number of hydrogen-bond donors (Lipinski definition) is 0. The van der Waals surface area contributed by atoms with Crippen LogP contribution < -0.4 is 4.89 Å². The Labute approximate surface area is 112 Å². The molecule has 0 bridgehead atoms. The summed E-state index contributed by atoms with van der Waals surface area (Å²) < 4.78 is 0. The van der Waals surface area contributed by atoms with E-state index < -0.39 is 5.97 Å². The van der Waals surface area contributed by atoms with Crippen LogP contribution in [-0.4, -0.2) is 5.97 Å². The molecule has 2 aromatic carbocycles. The maximum atomic E-state index is 11.7. The minimum atomic E-state index is -0.562. The number of benzene rings is 2. The van der Waals surface area contributed by atoms with Crippen molar-refractivity contribution in [2.45, 2.75) is 6.42 Å². The van der Waals surface area contributed by atoms with Crippen LogP contribution >= 0.6 is 0 Å². The quantitative estimate of drug-likeness (QED) is 0.466. The fourth-order valence-corrected chi connectivity index (χ4v) is 1.54. The first kappa shape index (κ1) is 12.9. The summed E-state index contributed by atoms with van der Waals surface area (Å²) in [4.78, 5) is 21.3. The highest BCUT2D eigenvalue weighted by Gasteiger charge is 2.11. The van der Waals surface area contributed by atoms with E-state index in [4.69, 9.17) is 9.78 Å². The lowest BCUT2D eigenvalue weighted by Crippen LogP contribution is -2.11. The first-order valence-electron chi connectivity index (χ1n) is 5.91. The lowest BCUT2D eigenvalue weighted by molar-refractivity contribution is -0.208. The van der Waals surface area contributed by atoms with E-state index in [0.717, 1.165) is 5.56 Å². The predicted octanol–water partition coefficient (Wildman–Crippen LogP) is 3.32. The van der Waals surface area contributed by atoms with E-state index >= 15 is 0 Å². The van der Waals surface area contributed by atoms with Crippen molar-refractivity contribution in [1.29, 1.82) is 0 Å². The van der Waals surface area contributed by atoms with E-state index in [9.17, 15) is 4.79 Å². The van der Waals surface area contributed by atoms with Crippen molar-refractivity contribution < 1.29 is 14.6 Å². The first-order chi connectivity index (χ1) is 9.25. The summed E-state index contributed by atoms with van der Waals surface area (Å²) in [6.45, 7) is 3.71. The second-order valence-corrected chi connectivity index (χ2v) is 4.03. The van der Waals surface area contributed by atoms with Crippen LogP contribution in [0.2, 0.25) is 0 Å². The molecule has 0 aliphatic heterocycles. The SMILES string of the molecule is C=C(Cc1ccccc1)C(=O)OOc1ccccc1. The van der Waals surface area contributed by atoms with Gasteiger partial charge in [-0.15, -0.1) is 0 Å². The van der Waals surface area contributed by atoms with Gasteiger partial charge in [-0.25, -0.2) is 9.68 Å². The number of carbonyl (C=O) groups excluding carboxylic acids is 1. The summed E-state index contributed by atoms with van der Waals surface area (Å²) in [6, 6.07) is 18.4. The number of hydrogen-bond acceptors (Lipinski definition) is 3. The molecule has 0 radical (unpaired) electrons. The molecule has 0 aliphatic rings. The Morgan fingerprint density at radius 1 is 0.947 bits per heavy atom. The van der Waals surface area contributed by atoms with Gasteiger partial charge in [0.05, 0.1) is 0 Å². The van der Waals surface area contributed by atoms with E-state index in [1.807, 2.05) is 36.4 Å². The smallest absolute Gasteiger partial charge is 0.287 e. The van der Waals surface area contributed by atoms with Crippen molar-refractivity contribution in [1.82, 2.24) is 0 Å². The monoisotopic (exact) mass is 254 g/mol. The molecule has 96 valence electrons. The summed E-state index contributed by atoms with van der Waals surface area (Å²) in [5.74, 6) is -0.0870. The van der Waals surface area contributed by atoms with Gasteiger partial charge in [-0.2, -0.15) is 0 Å². The molecule has 2 rings (SSSR count). The second-order valence-electron chi connectivity index (χ2n) is 4.03. The Balaban J connectivity index is 1.85. The van der Waals surface area contributed by atoms with Crippen molar-refractivity contribution in [2.24, 2.45) is 0 Å². The van der Waals surface area contributed by atoms with Crippen molar-refractivity contribution >= 4 is 5.97 Å². The van der Waals surface area contributed by atoms with E-state index in [2.05, 4.69) is 6.58 Å². The number of para-hydroxylation sites is 1. The fourth-order valence-electron chi connectivity index (χ4n) is 1.54. The van der Waals surface area contributed by atoms with Crippen molar-refractivity contribution in [3.8, 4) is 5.75 Å². The predicted molar refractivity (Wildman–Crippen MR) is 72.4 cm³/mol. The number of carbonyl (C=O) groups is 1. The molecule has 0 N–H and O–H groups in total. The van der Waals surface area contributed by atoms with Gasteiger partial charge in [0.2, 0.25) is 0 Å². The Bertz CT molecular complexity index is 547. The molecule has 0 spiro atoms.